The molecule has 1 atom stereocenters. The van der Waals surface area contributed by atoms with Crippen molar-refractivity contribution >= 4 is 40.6 Å². The molecule has 234 valence electrons. The van der Waals surface area contributed by atoms with E-state index in [1.165, 1.54) is 18.9 Å². The Hall–Kier alpha value is -4.94. The quantitative estimate of drug-likeness (QED) is 0.170. The van der Waals surface area contributed by atoms with E-state index in [-0.39, 0.29) is 30.2 Å². The number of aromatic nitrogens is 3. The lowest BCUT2D eigenvalue weighted by Crippen LogP contribution is -2.28. The largest absolute Gasteiger partial charge is 0.497 e. The van der Waals surface area contributed by atoms with Crippen molar-refractivity contribution in [1.29, 1.82) is 0 Å². The second-order valence-electron chi connectivity index (χ2n) is 10.4. The van der Waals surface area contributed by atoms with Crippen LogP contribution in [0.1, 0.15) is 44.6 Å². The third kappa shape index (κ3) is 6.98. The van der Waals surface area contributed by atoms with Crippen LogP contribution in [-0.4, -0.2) is 57.3 Å². The summed E-state index contributed by atoms with van der Waals surface area (Å²) in [5.74, 6) is 1.49. The van der Waals surface area contributed by atoms with Crippen molar-refractivity contribution in [2.45, 2.75) is 30.7 Å². The molecule has 0 aliphatic carbocycles. The molecule has 46 heavy (non-hydrogen) atoms. The molecule has 1 aliphatic heterocycles. The maximum absolute atomic E-state index is 13.8. The molecule has 5 aromatic rings. The van der Waals surface area contributed by atoms with E-state index < -0.39 is 0 Å². The highest BCUT2D eigenvalue weighted by Crippen LogP contribution is 2.35. The molecule has 0 bridgehead atoms. The number of ether oxygens (including phenoxy) is 2. The monoisotopic (exact) mass is 652 g/mol. The number of methoxy groups -OCH3 is 2. The van der Waals surface area contributed by atoms with Crippen LogP contribution in [0, 0.1) is 0 Å². The van der Waals surface area contributed by atoms with Crippen LogP contribution in [0.2, 0.25) is 0 Å². The van der Waals surface area contributed by atoms with Crippen molar-refractivity contribution in [2.24, 2.45) is 5.10 Å². The summed E-state index contributed by atoms with van der Waals surface area (Å²) in [6.45, 7) is 0.619. The molecule has 0 spiro atoms. The number of carbonyl (C=O) groups excluding carboxylic acids is 2. The summed E-state index contributed by atoms with van der Waals surface area (Å²) in [5, 5.41) is 20.7. The predicted octanol–water partition coefficient (Wildman–Crippen LogP) is 5.81. The molecule has 1 unspecified atom stereocenters. The van der Waals surface area contributed by atoms with Gasteiger partial charge in [0.2, 0.25) is 0 Å². The number of hydrogen-bond acceptors (Lipinski definition) is 9. The van der Waals surface area contributed by atoms with E-state index >= 15 is 0 Å². The molecule has 0 fully saturated rings. The molecule has 10 nitrogen and oxygen atoms in total. The Labute approximate surface area is 275 Å². The molecule has 0 saturated carbocycles. The smallest absolute Gasteiger partial charge is 0.255 e. The van der Waals surface area contributed by atoms with Crippen LogP contribution in [0.4, 0.5) is 0 Å². The fraction of sp³-hybridized carbons (Fsp3) is 0.206. The molecule has 12 heteroatoms. The normalized spacial score (nSPS) is 14.2. The second-order valence-corrected chi connectivity index (χ2v) is 12.3. The van der Waals surface area contributed by atoms with Crippen LogP contribution < -0.4 is 14.8 Å². The van der Waals surface area contributed by atoms with Crippen molar-refractivity contribution in [1.82, 2.24) is 25.1 Å². The van der Waals surface area contributed by atoms with E-state index in [0.717, 1.165) is 27.5 Å². The minimum Gasteiger partial charge on any atom is -0.497 e. The van der Waals surface area contributed by atoms with Crippen molar-refractivity contribution in [2.75, 3.05) is 20.0 Å². The van der Waals surface area contributed by atoms with E-state index in [2.05, 4.69) is 15.5 Å². The third-order valence-electron chi connectivity index (χ3n) is 7.53. The van der Waals surface area contributed by atoms with E-state index in [1.54, 1.807) is 41.7 Å². The summed E-state index contributed by atoms with van der Waals surface area (Å²) in [6.07, 6.45) is 0.615. The van der Waals surface area contributed by atoms with Gasteiger partial charge < -0.3 is 19.4 Å². The summed E-state index contributed by atoms with van der Waals surface area (Å²) < 4.78 is 12.6. The van der Waals surface area contributed by atoms with Gasteiger partial charge in [0.05, 0.1) is 55.3 Å². The van der Waals surface area contributed by atoms with E-state index in [1.807, 2.05) is 82.7 Å². The number of thiophene rings is 1. The molecular formula is C34H32N6O4S2. The number of hydrogen-bond donors (Lipinski definition) is 1. The Morgan fingerprint density at radius 2 is 1.72 bits per heavy atom. The summed E-state index contributed by atoms with van der Waals surface area (Å²) in [5.41, 5.74) is 3.33. The predicted molar refractivity (Wildman–Crippen MR) is 179 cm³/mol. The van der Waals surface area contributed by atoms with Crippen LogP contribution in [0.5, 0.6) is 11.5 Å². The van der Waals surface area contributed by atoms with Crippen molar-refractivity contribution in [3.63, 3.8) is 0 Å². The summed E-state index contributed by atoms with van der Waals surface area (Å²) in [6, 6.07) is 28.5. The van der Waals surface area contributed by atoms with Gasteiger partial charge in [0.15, 0.2) is 11.0 Å². The SMILES string of the molecule is COc1ccc(C2CC(c3cccs3)=NN2C(=O)CSc2nnc(CNC(=O)c3ccccc3OC)n2Cc2ccccc2)cc1. The molecule has 6 rings (SSSR count). The number of nitrogens with zero attached hydrogens (tertiary/aromatic N) is 5. The highest BCUT2D eigenvalue weighted by atomic mass is 32.2. The molecule has 0 radical (unpaired) electrons. The first kappa shape index (κ1) is 31.1. The van der Waals surface area contributed by atoms with Gasteiger partial charge in [-0.15, -0.1) is 21.5 Å². The number of rotatable bonds is 12. The van der Waals surface area contributed by atoms with Gasteiger partial charge in [-0.05, 0) is 46.8 Å². The summed E-state index contributed by atoms with van der Waals surface area (Å²) in [4.78, 5) is 27.9. The van der Waals surface area contributed by atoms with Crippen LogP contribution in [0.3, 0.4) is 0 Å². The minimum atomic E-state index is -0.283. The average molecular weight is 653 g/mol. The van der Waals surface area contributed by atoms with Gasteiger partial charge in [0.1, 0.15) is 11.5 Å². The zero-order valence-corrected chi connectivity index (χ0v) is 27.0. The molecule has 2 aromatic heterocycles. The molecule has 1 N–H and O–H groups in total. The number of carbonyl (C=O) groups is 2. The van der Waals surface area contributed by atoms with E-state index in [4.69, 9.17) is 14.6 Å². The number of nitrogens with one attached hydrogen (secondary N) is 1. The zero-order chi connectivity index (χ0) is 31.9. The summed E-state index contributed by atoms with van der Waals surface area (Å²) >= 11 is 2.91. The van der Waals surface area contributed by atoms with Gasteiger partial charge in [-0.1, -0.05) is 72.4 Å². The highest BCUT2D eigenvalue weighted by Gasteiger charge is 2.33. The molecule has 2 amide bonds. The molecule has 3 aromatic carbocycles. The number of benzene rings is 3. The lowest BCUT2D eigenvalue weighted by atomic mass is 10.0. The van der Waals surface area contributed by atoms with Gasteiger partial charge >= 0.3 is 0 Å². The maximum atomic E-state index is 13.8. The zero-order valence-electron chi connectivity index (χ0n) is 25.3. The number of thioether (sulfide) groups is 1. The maximum Gasteiger partial charge on any atom is 0.255 e. The van der Waals surface area contributed by atoms with Gasteiger partial charge in [-0.25, -0.2) is 5.01 Å². The summed E-state index contributed by atoms with van der Waals surface area (Å²) in [7, 11) is 3.16. The standard InChI is InChI=1S/C34H32N6O4S2/c1-43-25-16-14-24(15-17-25)28-19-27(30-13-8-18-45-30)38-40(28)32(41)22-46-34-37-36-31(39(34)21-23-9-4-3-5-10-23)20-35-33(42)26-11-6-7-12-29(26)44-2/h3-18,28H,19-22H2,1-2H3,(H,35,42). The topological polar surface area (TPSA) is 111 Å². The van der Waals surface area contributed by atoms with E-state index in [9.17, 15) is 9.59 Å². The number of para-hydroxylation sites is 1. The van der Waals surface area contributed by atoms with Crippen LogP contribution in [-0.2, 0) is 17.9 Å². The fourth-order valence-electron chi connectivity index (χ4n) is 5.18. The average Bonchev–Trinajstić information content (AvgIpc) is 3.87. The first-order valence-corrected chi connectivity index (χ1v) is 16.5. The number of amides is 2. The Balaban J connectivity index is 1.21. The first-order chi connectivity index (χ1) is 22.5. The van der Waals surface area contributed by atoms with Crippen molar-refractivity contribution in [3.05, 3.63) is 124 Å². The molecule has 0 saturated heterocycles. The Morgan fingerprint density at radius 1 is 0.935 bits per heavy atom. The second kappa shape index (κ2) is 14.4. The van der Waals surface area contributed by atoms with Crippen LogP contribution >= 0.6 is 23.1 Å². The van der Waals surface area contributed by atoms with Gasteiger partial charge in [-0.3, -0.25) is 9.59 Å². The lowest BCUT2D eigenvalue weighted by Gasteiger charge is -2.22. The first-order valence-electron chi connectivity index (χ1n) is 14.6. The van der Waals surface area contributed by atoms with E-state index in [0.29, 0.717) is 35.3 Å². The van der Waals surface area contributed by atoms with Crippen LogP contribution in [0.15, 0.2) is 107 Å². The molecular weight excluding hydrogens is 621 g/mol. The van der Waals surface area contributed by atoms with Crippen molar-refractivity contribution in [3.8, 4) is 11.5 Å². The highest BCUT2D eigenvalue weighted by molar-refractivity contribution is 7.99. The fourth-order valence-corrected chi connectivity index (χ4v) is 6.71. The van der Waals surface area contributed by atoms with Gasteiger partial charge in [-0.2, -0.15) is 5.10 Å². The Kier molecular flexibility index (Phi) is 9.75. The lowest BCUT2D eigenvalue weighted by molar-refractivity contribution is -0.130. The number of hydrazone groups is 1. The van der Waals surface area contributed by atoms with Crippen LogP contribution in [0.25, 0.3) is 0 Å². The molecule has 1 aliphatic rings. The third-order valence-corrected chi connectivity index (χ3v) is 9.40. The van der Waals surface area contributed by atoms with Crippen molar-refractivity contribution < 1.29 is 19.1 Å². The Morgan fingerprint density at radius 3 is 2.46 bits per heavy atom. The molecule has 3 heterocycles. The minimum absolute atomic E-state index is 0.106. The Bertz CT molecular complexity index is 1820. The van der Waals surface area contributed by atoms with Gasteiger partial charge in [0, 0.05) is 6.42 Å². The van der Waals surface area contributed by atoms with Gasteiger partial charge in [0.25, 0.3) is 11.8 Å².